The minimum Gasteiger partial charge on any atom is -1.00 e. The summed E-state index contributed by atoms with van der Waals surface area (Å²) in [7, 11) is 0. The van der Waals surface area contributed by atoms with Gasteiger partial charge in [-0.25, -0.2) is 0 Å². The van der Waals surface area contributed by atoms with Crippen molar-refractivity contribution in [1.29, 1.82) is 0 Å². The molecule has 3 nitrogen and oxygen atoms in total. The number of piperidine rings is 3. The van der Waals surface area contributed by atoms with E-state index in [9.17, 15) is 0 Å². The Kier molecular flexibility index (Phi) is 8.31. The third kappa shape index (κ3) is 5.39. The number of benzene rings is 5. The summed E-state index contributed by atoms with van der Waals surface area (Å²) >= 11 is 0. The number of halogens is 1. The normalized spacial score (nSPS) is 23.2. The van der Waals surface area contributed by atoms with Crippen LogP contribution in [0.4, 0.5) is 0 Å². The predicted molar refractivity (Wildman–Crippen MR) is 181 cm³/mol. The first-order valence-electron chi connectivity index (χ1n) is 16.1. The van der Waals surface area contributed by atoms with Gasteiger partial charge in [-0.3, -0.25) is 4.98 Å². The standard InChI is InChI=1S/C41H39N2O.BrH/c1-2-30-26-43(27-38-34-16-8-6-14-32(34)24-33-15-7-9-17-35(33)38)23-21-31(30)25-40(43)41(44-28-29-12-4-3-5-13-29)37-20-22-42-39-19-11-10-18-36(37)39;/h2-20,22,24,30-31,40-41H,1,21,23,25-28H2;1H/q+1;/p-1/t30-,31-,40-,41+,43-;/m0./s1. The van der Waals surface area contributed by atoms with Crippen LogP contribution in [-0.4, -0.2) is 28.6 Å². The summed E-state index contributed by atoms with van der Waals surface area (Å²) in [5.74, 6) is 1.16. The summed E-state index contributed by atoms with van der Waals surface area (Å²) in [6.07, 6.45) is 6.53. The van der Waals surface area contributed by atoms with Crippen molar-refractivity contribution in [3.05, 3.63) is 151 Å². The first-order valence-corrected chi connectivity index (χ1v) is 16.1. The number of hydrogen-bond donors (Lipinski definition) is 0. The van der Waals surface area contributed by atoms with Gasteiger partial charge in [0, 0.05) is 35.9 Å². The fourth-order valence-electron chi connectivity index (χ4n) is 8.49. The zero-order valence-electron chi connectivity index (χ0n) is 25.6. The molecule has 3 aliphatic rings. The molecule has 0 radical (unpaired) electrons. The van der Waals surface area contributed by atoms with Gasteiger partial charge in [-0.15, -0.1) is 6.58 Å². The predicted octanol–water partition coefficient (Wildman–Crippen LogP) is 6.41. The highest BCUT2D eigenvalue weighted by atomic mass is 79.9. The van der Waals surface area contributed by atoms with Crippen molar-refractivity contribution < 1.29 is 26.2 Å². The minimum atomic E-state index is -0.0575. The lowest BCUT2D eigenvalue weighted by Crippen LogP contribution is -3.00. The van der Waals surface area contributed by atoms with Crippen LogP contribution in [0, 0.1) is 11.8 Å². The summed E-state index contributed by atoms with van der Waals surface area (Å²) in [6.45, 7) is 8.17. The molecule has 4 heterocycles. The van der Waals surface area contributed by atoms with E-state index < -0.39 is 0 Å². The van der Waals surface area contributed by atoms with Gasteiger partial charge in [-0.2, -0.15) is 0 Å². The van der Waals surface area contributed by atoms with Crippen molar-refractivity contribution in [1.82, 2.24) is 4.98 Å². The molecule has 0 amide bonds. The smallest absolute Gasteiger partial charge is 0.135 e. The number of nitrogens with zero attached hydrogens (tertiary/aromatic N) is 2. The Hall–Kier alpha value is -3.83. The van der Waals surface area contributed by atoms with Gasteiger partial charge in [0.05, 0.1) is 25.2 Å². The zero-order valence-corrected chi connectivity index (χ0v) is 27.2. The van der Waals surface area contributed by atoms with E-state index in [1.807, 2.05) is 6.20 Å². The van der Waals surface area contributed by atoms with Gasteiger partial charge in [-0.1, -0.05) is 103 Å². The van der Waals surface area contributed by atoms with Gasteiger partial charge in [0.15, 0.2) is 0 Å². The molecule has 2 bridgehead atoms. The summed E-state index contributed by atoms with van der Waals surface area (Å²) in [5.41, 5.74) is 4.97. The number of para-hydroxylation sites is 1. The van der Waals surface area contributed by atoms with Crippen LogP contribution < -0.4 is 17.0 Å². The topological polar surface area (TPSA) is 22.1 Å². The maximum Gasteiger partial charge on any atom is 0.135 e. The molecule has 0 aliphatic carbocycles. The van der Waals surface area contributed by atoms with Crippen LogP contribution >= 0.6 is 0 Å². The molecule has 0 spiro atoms. The number of fused-ring (bicyclic) bond motifs is 6. The second kappa shape index (κ2) is 12.5. The van der Waals surface area contributed by atoms with E-state index in [0.717, 1.165) is 36.1 Å². The highest BCUT2D eigenvalue weighted by Crippen LogP contribution is 2.50. The summed E-state index contributed by atoms with van der Waals surface area (Å²) in [5, 5.41) is 6.58. The van der Waals surface area contributed by atoms with E-state index in [4.69, 9.17) is 9.72 Å². The monoisotopic (exact) mass is 654 g/mol. The Morgan fingerprint density at radius 1 is 0.822 bits per heavy atom. The number of hydrogen-bond acceptors (Lipinski definition) is 2. The zero-order chi connectivity index (χ0) is 29.5. The van der Waals surface area contributed by atoms with Crippen molar-refractivity contribution in [2.24, 2.45) is 11.8 Å². The third-order valence-electron chi connectivity index (χ3n) is 10.6. The highest BCUT2D eigenvalue weighted by Gasteiger charge is 2.55. The lowest BCUT2D eigenvalue weighted by Gasteiger charge is -2.58. The van der Waals surface area contributed by atoms with Crippen LogP contribution in [0.1, 0.15) is 35.6 Å². The van der Waals surface area contributed by atoms with Crippen LogP contribution in [0.3, 0.4) is 0 Å². The van der Waals surface area contributed by atoms with E-state index >= 15 is 0 Å². The molecule has 0 N–H and O–H groups in total. The van der Waals surface area contributed by atoms with Crippen LogP contribution in [0.5, 0.6) is 0 Å². The molecule has 3 aliphatic heterocycles. The molecule has 5 aromatic carbocycles. The first-order chi connectivity index (χ1) is 21.7. The van der Waals surface area contributed by atoms with E-state index in [2.05, 4.69) is 128 Å². The van der Waals surface area contributed by atoms with Crippen molar-refractivity contribution in [3.63, 3.8) is 0 Å². The Balaban J connectivity index is 0.00000325. The van der Waals surface area contributed by atoms with Gasteiger partial charge in [0.25, 0.3) is 0 Å². The lowest BCUT2D eigenvalue weighted by atomic mass is 9.70. The molecule has 3 fully saturated rings. The quantitative estimate of drug-likeness (QED) is 0.107. The Morgan fingerprint density at radius 2 is 1.49 bits per heavy atom. The van der Waals surface area contributed by atoms with Crippen molar-refractivity contribution in [2.75, 3.05) is 13.1 Å². The average molecular weight is 656 g/mol. The van der Waals surface area contributed by atoms with Crippen LogP contribution in [-0.2, 0) is 17.9 Å². The molecule has 5 atom stereocenters. The van der Waals surface area contributed by atoms with Crippen molar-refractivity contribution in [3.8, 4) is 0 Å². The summed E-state index contributed by atoms with van der Waals surface area (Å²) in [4.78, 5) is 4.74. The number of quaternary nitrogens is 1. The minimum absolute atomic E-state index is 0. The largest absolute Gasteiger partial charge is 1.00 e. The molecule has 45 heavy (non-hydrogen) atoms. The van der Waals surface area contributed by atoms with Crippen LogP contribution in [0.15, 0.2) is 134 Å². The van der Waals surface area contributed by atoms with E-state index in [-0.39, 0.29) is 23.1 Å². The Labute approximate surface area is 276 Å². The van der Waals surface area contributed by atoms with Gasteiger partial charge < -0.3 is 26.2 Å². The second-order valence-electron chi connectivity index (χ2n) is 13.0. The molecule has 226 valence electrons. The molecular weight excluding hydrogens is 616 g/mol. The van der Waals surface area contributed by atoms with E-state index in [1.54, 1.807) is 0 Å². The molecule has 1 aromatic heterocycles. The average Bonchev–Trinajstić information content (AvgIpc) is 3.09. The molecule has 9 rings (SSSR count). The molecule has 0 saturated carbocycles. The number of pyridine rings is 1. The van der Waals surface area contributed by atoms with Gasteiger partial charge >= 0.3 is 0 Å². The fourth-order valence-corrected chi connectivity index (χ4v) is 8.49. The Bertz CT molecular complexity index is 1910. The van der Waals surface area contributed by atoms with Crippen molar-refractivity contribution in [2.45, 2.75) is 38.1 Å². The fraction of sp³-hybridized carbons (Fsp3) is 0.244. The van der Waals surface area contributed by atoms with E-state index in [0.29, 0.717) is 24.5 Å². The van der Waals surface area contributed by atoms with Crippen LogP contribution in [0.2, 0.25) is 0 Å². The van der Waals surface area contributed by atoms with Crippen molar-refractivity contribution >= 4 is 32.4 Å². The second-order valence-corrected chi connectivity index (χ2v) is 13.0. The molecule has 4 heteroatoms. The first kappa shape index (κ1) is 29.9. The van der Waals surface area contributed by atoms with Gasteiger partial charge in [0.2, 0.25) is 0 Å². The number of rotatable bonds is 8. The highest BCUT2D eigenvalue weighted by molar-refractivity contribution is 6.02. The lowest BCUT2D eigenvalue weighted by molar-refractivity contribution is -0.984. The van der Waals surface area contributed by atoms with Crippen LogP contribution in [0.25, 0.3) is 32.4 Å². The number of aromatic nitrogens is 1. The molecular formula is C41H39BrN2O. The summed E-state index contributed by atoms with van der Waals surface area (Å²) < 4.78 is 8.17. The summed E-state index contributed by atoms with van der Waals surface area (Å²) in [6, 6.07) is 42.0. The molecule has 3 saturated heterocycles. The third-order valence-corrected chi connectivity index (χ3v) is 10.6. The maximum atomic E-state index is 7.15. The van der Waals surface area contributed by atoms with E-state index in [1.165, 1.54) is 50.0 Å². The maximum absolute atomic E-state index is 7.15. The van der Waals surface area contributed by atoms with Gasteiger partial charge in [0.1, 0.15) is 18.7 Å². The van der Waals surface area contributed by atoms with Gasteiger partial charge in [-0.05, 0) is 56.8 Å². The Morgan fingerprint density at radius 3 is 2.22 bits per heavy atom. The molecule has 6 aromatic rings. The molecule has 0 unspecified atom stereocenters. The number of ether oxygens (including phenoxy) is 1. The SMILES string of the molecule is C=C[C@H]1C[N@+]2(Cc3c4ccccc4cc4ccccc34)CC[C@H]1C[C@H]2[C@H](OCc1ccccc1)c1ccnc2ccccc12.[Br-].